The second kappa shape index (κ2) is 8.12. The number of amides is 1. The van der Waals surface area contributed by atoms with Gasteiger partial charge in [0.1, 0.15) is 0 Å². The SMILES string of the molecule is CCC(CC)N(C)CCC(=O)Nc1ccc(N)cc1Cl. The first-order chi connectivity index (χ1) is 9.47. The quantitative estimate of drug-likeness (QED) is 0.759. The number of nitrogens with zero attached hydrogens (tertiary/aromatic N) is 1. The zero-order valence-electron chi connectivity index (χ0n) is 12.4. The summed E-state index contributed by atoms with van der Waals surface area (Å²) in [5.41, 5.74) is 6.81. The maximum atomic E-state index is 11.9. The highest BCUT2D eigenvalue weighted by molar-refractivity contribution is 6.34. The van der Waals surface area contributed by atoms with Crippen molar-refractivity contribution in [1.29, 1.82) is 0 Å². The molecule has 0 fully saturated rings. The van der Waals surface area contributed by atoms with Crippen molar-refractivity contribution < 1.29 is 4.79 Å². The summed E-state index contributed by atoms with van der Waals surface area (Å²) in [6, 6.07) is 5.61. The molecule has 1 aromatic carbocycles. The second-order valence-corrected chi connectivity index (χ2v) is 5.40. The third-order valence-electron chi connectivity index (χ3n) is 3.52. The van der Waals surface area contributed by atoms with Gasteiger partial charge in [0.25, 0.3) is 0 Å². The molecule has 0 atom stereocenters. The minimum Gasteiger partial charge on any atom is -0.399 e. The van der Waals surface area contributed by atoms with Gasteiger partial charge in [-0.15, -0.1) is 0 Å². The van der Waals surface area contributed by atoms with E-state index in [0.29, 0.717) is 28.9 Å². The Bertz CT molecular complexity index is 447. The van der Waals surface area contributed by atoms with Crippen LogP contribution in [0, 0.1) is 0 Å². The first kappa shape index (κ1) is 16.8. The molecule has 5 heteroatoms. The van der Waals surface area contributed by atoms with E-state index in [1.165, 1.54) is 0 Å². The Morgan fingerprint density at radius 2 is 2.05 bits per heavy atom. The van der Waals surface area contributed by atoms with Crippen molar-refractivity contribution in [2.45, 2.75) is 39.2 Å². The molecule has 0 heterocycles. The molecule has 3 N–H and O–H groups in total. The van der Waals surface area contributed by atoms with E-state index in [2.05, 4.69) is 31.1 Å². The molecule has 20 heavy (non-hydrogen) atoms. The Labute approximate surface area is 126 Å². The fourth-order valence-corrected chi connectivity index (χ4v) is 2.45. The Kier molecular flexibility index (Phi) is 6.82. The van der Waals surface area contributed by atoms with Gasteiger partial charge in [-0.25, -0.2) is 0 Å². The van der Waals surface area contributed by atoms with Crippen LogP contribution in [0.2, 0.25) is 5.02 Å². The van der Waals surface area contributed by atoms with Crippen LogP contribution in [0.4, 0.5) is 11.4 Å². The van der Waals surface area contributed by atoms with Crippen molar-refractivity contribution in [2.75, 3.05) is 24.6 Å². The summed E-state index contributed by atoms with van der Waals surface area (Å²) < 4.78 is 0. The molecule has 1 aromatic rings. The van der Waals surface area contributed by atoms with E-state index in [9.17, 15) is 4.79 Å². The van der Waals surface area contributed by atoms with Crippen molar-refractivity contribution in [1.82, 2.24) is 4.90 Å². The number of carbonyl (C=O) groups is 1. The molecule has 4 nitrogen and oxygen atoms in total. The molecule has 0 saturated heterocycles. The minimum atomic E-state index is -0.0329. The molecular formula is C15H24ClN3O. The van der Waals surface area contributed by atoms with Crippen LogP contribution in [0.3, 0.4) is 0 Å². The molecule has 0 aliphatic rings. The molecule has 0 aliphatic heterocycles. The van der Waals surface area contributed by atoms with Gasteiger partial charge in [0.15, 0.2) is 0 Å². The fraction of sp³-hybridized carbons (Fsp3) is 0.533. The van der Waals surface area contributed by atoms with Gasteiger partial charge in [0, 0.05) is 24.7 Å². The lowest BCUT2D eigenvalue weighted by molar-refractivity contribution is -0.116. The highest BCUT2D eigenvalue weighted by atomic mass is 35.5. The van der Waals surface area contributed by atoms with Crippen LogP contribution in [0.1, 0.15) is 33.1 Å². The number of hydrogen-bond acceptors (Lipinski definition) is 3. The second-order valence-electron chi connectivity index (χ2n) is 4.99. The molecule has 0 radical (unpaired) electrons. The summed E-state index contributed by atoms with van der Waals surface area (Å²) in [5.74, 6) is -0.0329. The number of halogens is 1. The van der Waals surface area contributed by atoms with Crippen LogP contribution in [0.5, 0.6) is 0 Å². The molecule has 0 aromatic heterocycles. The highest BCUT2D eigenvalue weighted by Crippen LogP contribution is 2.24. The van der Waals surface area contributed by atoms with Crippen LogP contribution in [-0.2, 0) is 4.79 Å². The van der Waals surface area contributed by atoms with Gasteiger partial charge < -0.3 is 16.0 Å². The van der Waals surface area contributed by atoms with Crippen molar-refractivity contribution >= 4 is 28.9 Å². The van der Waals surface area contributed by atoms with Gasteiger partial charge >= 0.3 is 0 Å². The molecular weight excluding hydrogens is 274 g/mol. The average molecular weight is 298 g/mol. The van der Waals surface area contributed by atoms with E-state index >= 15 is 0 Å². The Balaban J connectivity index is 2.48. The third-order valence-corrected chi connectivity index (χ3v) is 3.84. The average Bonchev–Trinajstić information content (AvgIpc) is 2.41. The number of rotatable bonds is 7. The lowest BCUT2D eigenvalue weighted by Crippen LogP contribution is -2.33. The van der Waals surface area contributed by atoms with E-state index in [0.717, 1.165) is 19.4 Å². The first-order valence-corrected chi connectivity index (χ1v) is 7.40. The zero-order chi connectivity index (χ0) is 15.1. The highest BCUT2D eigenvalue weighted by Gasteiger charge is 2.12. The third kappa shape index (κ3) is 5.02. The standard InChI is InChI=1S/C15H24ClN3O/c1-4-12(5-2)19(3)9-8-15(20)18-14-7-6-11(17)10-13(14)16/h6-7,10,12H,4-5,8-9,17H2,1-3H3,(H,18,20). The first-order valence-electron chi connectivity index (χ1n) is 7.03. The number of nitrogens with one attached hydrogen (secondary N) is 1. The summed E-state index contributed by atoms with van der Waals surface area (Å²) in [6.45, 7) is 5.07. The van der Waals surface area contributed by atoms with Crippen LogP contribution < -0.4 is 11.1 Å². The van der Waals surface area contributed by atoms with E-state index in [1.54, 1.807) is 18.2 Å². The van der Waals surface area contributed by atoms with Crippen molar-refractivity contribution in [2.24, 2.45) is 0 Å². The van der Waals surface area contributed by atoms with Gasteiger partial charge in [-0.05, 0) is 38.1 Å². The molecule has 1 amide bonds. The summed E-state index contributed by atoms with van der Waals surface area (Å²) >= 11 is 6.03. The summed E-state index contributed by atoms with van der Waals surface area (Å²) in [6.07, 6.45) is 2.64. The molecule has 0 aliphatic carbocycles. The van der Waals surface area contributed by atoms with Crippen molar-refractivity contribution in [3.8, 4) is 0 Å². The van der Waals surface area contributed by atoms with E-state index in [-0.39, 0.29) is 5.91 Å². The van der Waals surface area contributed by atoms with Crippen molar-refractivity contribution in [3.63, 3.8) is 0 Å². The molecule has 1 rings (SSSR count). The maximum absolute atomic E-state index is 11.9. The number of nitrogens with two attached hydrogens (primary N) is 1. The van der Waals surface area contributed by atoms with Gasteiger partial charge in [-0.1, -0.05) is 25.4 Å². The Morgan fingerprint density at radius 1 is 1.40 bits per heavy atom. The topological polar surface area (TPSA) is 58.4 Å². The van der Waals surface area contributed by atoms with Gasteiger partial charge in [0.2, 0.25) is 5.91 Å². The molecule has 0 saturated carbocycles. The Hall–Kier alpha value is -1.26. The van der Waals surface area contributed by atoms with Gasteiger partial charge in [-0.2, -0.15) is 0 Å². The maximum Gasteiger partial charge on any atom is 0.225 e. The van der Waals surface area contributed by atoms with E-state index in [4.69, 9.17) is 17.3 Å². The predicted octanol–water partition coefficient (Wildman–Crippen LogP) is 3.37. The molecule has 0 spiro atoms. The number of carbonyl (C=O) groups excluding carboxylic acids is 1. The smallest absolute Gasteiger partial charge is 0.225 e. The zero-order valence-corrected chi connectivity index (χ0v) is 13.2. The minimum absolute atomic E-state index is 0.0329. The Morgan fingerprint density at radius 3 is 2.60 bits per heavy atom. The number of hydrogen-bond donors (Lipinski definition) is 2. The fourth-order valence-electron chi connectivity index (χ4n) is 2.22. The van der Waals surface area contributed by atoms with Gasteiger partial charge in [-0.3, -0.25) is 4.79 Å². The van der Waals surface area contributed by atoms with Crippen LogP contribution in [-0.4, -0.2) is 30.4 Å². The summed E-state index contributed by atoms with van der Waals surface area (Å²) in [7, 11) is 2.06. The monoisotopic (exact) mass is 297 g/mol. The normalized spacial score (nSPS) is 11.1. The number of anilines is 2. The van der Waals surface area contributed by atoms with E-state index in [1.807, 2.05) is 0 Å². The largest absolute Gasteiger partial charge is 0.399 e. The lowest BCUT2D eigenvalue weighted by Gasteiger charge is -2.25. The van der Waals surface area contributed by atoms with Gasteiger partial charge in [0.05, 0.1) is 10.7 Å². The summed E-state index contributed by atoms with van der Waals surface area (Å²) in [5, 5.41) is 3.28. The van der Waals surface area contributed by atoms with Crippen LogP contribution in [0.25, 0.3) is 0 Å². The van der Waals surface area contributed by atoms with Crippen molar-refractivity contribution in [3.05, 3.63) is 23.2 Å². The predicted molar refractivity (Wildman–Crippen MR) is 86.1 cm³/mol. The molecule has 0 unspecified atom stereocenters. The van der Waals surface area contributed by atoms with Crippen LogP contribution >= 0.6 is 11.6 Å². The number of nitrogen functional groups attached to an aromatic ring is 1. The van der Waals surface area contributed by atoms with Crippen LogP contribution in [0.15, 0.2) is 18.2 Å². The van der Waals surface area contributed by atoms with E-state index < -0.39 is 0 Å². The summed E-state index contributed by atoms with van der Waals surface area (Å²) in [4.78, 5) is 14.2. The molecule has 112 valence electrons. The molecule has 0 bridgehead atoms. The lowest BCUT2D eigenvalue weighted by atomic mass is 10.1. The number of benzene rings is 1.